The van der Waals surface area contributed by atoms with Crippen LogP contribution in [-0.2, 0) is 4.79 Å². The van der Waals surface area contributed by atoms with Crippen molar-refractivity contribution in [1.82, 2.24) is 0 Å². The van der Waals surface area contributed by atoms with Crippen molar-refractivity contribution < 1.29 is 9.90 Å². The molecule has 1 N–H and O–H groups in total. The van der Waals surface area contributed by atoms with Gasteiger partial charge in [-0.3, -0.25) is 0 Å². The maximum atomic E-state index is 10.5. The highest BCUT2D eigenvalue weighted by Crippen LogP contribution is 2.26. The van der Waals surface area contributed by atoms with Crippen LogP contribution < -0.4 is 0 Å². The first-order valence-electron chi connectivity index (χ1n) is 3.33. The predicted octanol–water partition coefficient (Wildman–Crippen LogP) is 1.74. The van der Waals surface area contributed by atoms with Gasteiger partial charge in [-0.05, 0) is 24.8 Å². The fourth-order valence-electron chi connectivity index (χ4n) is 1.24. The van der Waals surface area contributed by atoms with E-state index in [1.165, 1.54) is 0 Å². The van der Waals surface area contributed by atoms with Crippen LogP contribution in [0.1, 0.15) is 19.3 Å². The third-order valence-electron chi connectivity index (χ3n) is 1.77. The van der Waals surface area contributed by atoms with Gasteiger partial charge in [0.1, 0.15) is 0 Å². The second-order valence-electron chi connectivity index (χ2n) is 2.37. The average molecular weight is 138 g/mol. The minimum atomic E-state index is -0.785. The molecular weight excluding hydrogens is 128 g/mol. The number of allylic oxidation sites excluding steroid dienone is 2. The van der Waals surface area contributed by atoms with Gasteiger partial charge >= 0.3 is 5.97 Å². The fourth-order valence-corrected chi connectivity index (χ4v) is 1.24. The maximum absolute atomic E-state index is 10.5. The molecule has 10 heavy (non-hydrogen) atoms. The van der Waals surface area contributed by atoms with Crippen molar-refractivity contribution in [1.29, 1.82) is 0 Å². The lowest BCUT2D eigenvalue weighted by molar-refractivity contribution is -0.132. The lowest BCUT2D eigenvalue weighted by atomic mass is 10.1. The number of carbonyl (C=O) groups is 1. The van der Waals surface area contributed by atoms with Crippen molar-refractivity contribution in [2.75, 3.05) is 0 Å². The smallest absolute Gasteiger partial charge is 0.331 e. The quantitative estimate of drug-likeness (QED) is 0.631. The van der Waals surface area contributed by atoms with Crippen molar-refractivity contribution in [3.05, 3.63) is 23.8 Å². The van der Waals surface area contributed by atoms with Gasteiger partial charge in [-0.25, -0.2) is 4.79 Å². The standard InChI is InChI=1S/C8H10O2/c1-2-6-4-3-5-7(6)8(9)10/h2H,1,3-5H2,(H,9,10). The van der Waals surface area contributed by atoms with Crippen LogP contribution in [0.5, 0.6) is 0 Å². The summed E-state index contributed by atoms with van der Waals surface area (Å²) < 4.78 is 0. The molecule has 1 aliphatic carbocycles. The van der Waals surface area contributed by atoms with Gasteiger partial charge in [0.25, 0.3) is 0 Å². The number of hydrogen-bond acceptors (Lipinski definition) is 1. The van der Waals surface area contributed by atoms with Gasteiger partial charge in [-0.2, -0.15) is 0 Å². The summed E-state index contributed by atoms with van der Waals surface area (Å²) in [6.45, 7) is 3.55. The third-order valence-corrected chi connectivity index (χ3v) is 1.77. The van der Waals surface area contributed by atoms with Crippen molar-refractivity contribution >= 4 is 5.97 Å². The number of rotatable bonds is 2. The van der Waals surface area contributed by atoms with E-state index in [1.807, 2.05) is 0 Å². The van der Waals surface area contributed by atoms with Gasteiger partial charge in [0.2, 0.25) is 0 Å². The average Bonchev–Trinajstić information content (AvgIpc) is 2.33. The Kier molecular flexibility index (Phi) is 1.90. The van der Waals surface area contributed by atoms with E-state index in [0.29, 0.717) is 12.0 Å². The molecule has 0 amide bonds. The Balaban J connectivity index is 2.88. The summed E-state index contributed by atoms with van der Waals surface area (Å²) >= 11 is 0. The van der Waals surface area contributed by atoms with E-state index in [9.17, 15) is 4.79 Å². The summed E-state index contributed by atoms with van der Waals surface area (Å²) in [5.74, 6) is -0.785. The molecule has 0 saturated heterocycles. The largest absolute Gasteiger partial charge is 0.478 e. The highest BCUT2D eigenvalue weighted by Gasteiger charge is 2.17. The second kappa shape index (κ2) is 2.69. The highest BCUT2D eigenvalue weighted by atomic mass is 16.4. The van der Waals surface area contributed by atoms with Gasteiger partial charge in [-0.1, -0.05) is 12.7 Å². The van der Waals surface area contributed by atoms with Gasteiger partial charge < -0.3 is 5.11 Å². The summed E-state index contributed by atoms with van der Waals surface area (Å²) in [7, 11) is 0. The monoisotopic (exact) mass is 138 g/mol. The Hall–Kier alpha value is -1.05. The molecule has 0 bridgehead atoms. The first kappa shape index (κ1) is 7.06. The van der Waals surface area contributed by atoms with E-state index >= 15 is 0 Å². The fraction of sp³-hybridized carbons (Fsp3) is 0.375. The Morgan fingerprint density at radius 2 is 2.30 bits per heavy atom. The summed E-state index contributed by atoms with van der Waals surface area (Å²) in [5, 5.41) is 8.61. The number of hydrogen-bond donors (Lipinski definition) is 1. The molecule has 0 spiro atoms. The summed E-state index contributed by atoms with van der Waals surface area (Å²) in [5.41, 5.74) is 1.46. The number of carboxylic acid groups (broad SMARTS) is 1. The van der Waals surface area contributed by atoms with Crippen molar-refractivity contribution in [2.24, 2.45) is 0 Å². The maximum Gasteiger partial charge on any atom is 0.331 e. The molecular formula is C8H10O2. The molecule has 0 aromatic carbocycles. The Bertz CT molecular complexity index is 201. The summed E-state index contributed by atoms with van der Waals surface area (Å²) in [4.78, 5) is 10.5. The molecule has 0 aromatic heterocycles. The van der Waals surface area contributed by atoms with Crippen LogP contribution >= 0.6 is 0 Å². The van der Waals surface area contributed by atoms with Gasteiger partial charge in [0.15, 0.2) is 0 Å². The van der Waals surface area contributed by atoms with Crippen LogP contribution in [0, 0.1) is 0 Å². The normalized spacial score (nSPS) is 17.6. The van der Waals surface area contributed by atoms with Crippen LogP contribution in [0.3, 0.4) is 0 Å². The molecule has 1 rings (SSSR count). The second-order valence-corrected chi connectivity index (χ2v) is 2.37. The minimum Gasteiger partial charge on any atom is -0.478 e. The molecule has 0 aliphatic heterocycles. The molecule has 54 valence electrons. The van der Waals surface area contributed by atoms with Gasteiger partial charge in [-0.15, -0.1) is 0 Å². The zero-order valence-electron chi connectivity index (χ0n) is 5.76. The van der Waals surface area contributed by atoms with Crippen LogP contribution in [0.2, 0.25) is 0 Å². The predicted molar refractivity (Wildman–Crippen MR) is 38.7 cm³/mol. The summed E-state index contributed by atoms with van der Waals surface area (Å²) in [6, 6.07) is 0. The zero-order chi connectivity index (χ0) is 7.56. The Morgan fingerprint density at radius 1 is 1.60 bits per heavy atom. The van der Waals surface area contributed by atoms with E-state index in [2.05, 4.69) is 6.58 Å². The van der Waals surface area contributed by atoms with Crippen LogP contribution in [-0.4, -0.2) is 11.1 Å². The Morgan fingerprint density at radius 3 is 2.70 bits per heavy atom. The van der Waals surface area contributed by atoms with E-state index in [1.54, 1.807) is 6.08 Å². The first-order chi connectivity index (χ1) is 4.75. The van der Waals surface area contributed by atoms with E-state index in [4.69, 9.17) is 5.11 Å². The SMILES string of the molecule is C=CC1=C(C(=O)O)CCC1. The Labute approximate surface area is 59.9 Å². The van der Waals surface area contributed by atoms with Gasteiger partial charge in [0.05, 0.1) is 0 Å². The minimum absolute atomic E-state index is 0.551. The lowest BCUT2D eigenvalue weighted by Crippen LogP contribution is -1.98. The molecule has 0 aromatic rings. The van der Waals surface area contributed by atoms with E-state index < -0.39 is 5.97 Å². The van der Waals surface area contributed by atoms with Crippen LogP contribution in [0.25, 0.3) is 0 Å². The summed E-state index contributed by atoms with van der Waals surface area (Å²) in [6.07, 6.45) is 4.20. The highest BCUT2D eigenvalue weighted by molar-refractivity contribution is 5.88. The van der Waals surface area contributed by atoms with Crippen molar-refractivity contribution in [3.8, 4) is 0 Å². The van der Waals surface area contributed by atoms with E-state index in [0.717, 1.165) is 18.4 Å². The van der Waals surface area contributed by atoms with Crippen LogP contribution in [0.4, 0.5) is 0 Å². The molecule has 0 unspecified atom stereocenters. The third kappa shape index (κ3) is 1.10. The van der Waals surface area contributed by atoms with Crippen molar-refractivity contribution in [3.63, 3.8) is 0 Å². The topological polar surface area (TPSA) is 37.3 Å². The molecule has 0 saturated carbocycles. The van der Waals surface area contributed by atoms with Gasteiger partial charge in [0, 0.05) is 5.57 Å². The number of aliphatic carboxylic acids is 1. The molecule has 0 radical (unpaired) electrons. The van der Waals surface area contributed by atoms with E-state index in [-0.39, 0.29) is 0 Å². The molecule has 2 heteroatoms. The first-order valence-corrected chi connectivity index (χ1v) is 3.33. The molecule has 0 fully saturated rings. The molecule has 0 atom stereocenters. The molecule has 1 aliphatic rings. The lowest BCUT2D eigenvalue weighted by Gasteiger charge is -1.93. The molecule has 0 heterocycles. The van der Waals surface area contributed by atoms with Crippen molar-refractivity contribution in [2.45, 2.75) is 19.3 Å². The van der Waals surface area contributed by atoms with Crippen LogP contribution in [0.15, 0.2) is 23.8 Å². The number of carboxylic acids is 1. The molecule has 2 nitrogen and oxygen atoms in total. The zero-order valence-corrected chi connectivity index (χ0v) is 5.76.